The molecule has 1 aliphatic heterocycles. The fraction of sp³-hybridized carbons (Fsp3) is 0.353. The lowest BCUT2D eigenvalue weighted by Gasteiger charge is -2.34. The van der Waals surface area contributed by atoms with Crippen LogP contribution in [-0.4, -0.2) is 43.7 Å². The predicted molar refractivity (Wildman–Crippen MR) is 95.9 cm³/mol. The Kier molecular flexibility index (Phi) is 5.99. The Bertz CT molecular complexity index is 686. The molecular formula is C17H18BrFN2O2S. The van der Waals surface area contributed by atoms with E-state index in [4.69, 9.17) is 4.74 Å². The molecule has 128 valence electrons. The normalized spacial score (nSPS) is 16.8. The quantitative estimate of drug-likeness (QED) is 0.817. The summed E-state index contributed by atoms with van der Waals surface area (Å²) in [4.78, 5) is 15.2. The molecule has 0 spiro atoms. The number of amides is 1. The highest BCUT2D eigenvalue weighted by Gasteiger charge is 2.23. The van der Waals surface area contributed by atoms with Gasteiger partial charge in [0, 0.05) is 19.6 Å². The van der Waals surface area contributed by atoms with E-state index in [1.165, 1.54) is 23.5 Å². The maximum atomic E-state index is 13.2. The van der Waals surface area contributed by atoms with Crippen molar-refractivity contribution >= 4 is 33.2 Å². The molecule has 0 radical (unpaired) electrons. The fourth-order valence-corrected chi connectivity index (χ4v) is 4.05. The van der Waals surface area contributed by atoms with Crippen LogP contribution in [0.3, 0.4) is 0 Å². The number of rotatable bonds is 5. The standard InChI is InChI=1S/C17H18BrFN2O2S/c18-16-6-5-15(24-16)17(22)20-11-14(21-7-9-23-10-8-21)12-1-3-13(19)4-2-12/h1-6,14H,7-11H2,(H,20,22)/t14-/m0/s1. The number of thiophene rings is 1. The molecule has 2 aromatic rings. The molecule has 3 rings (SSSR count). The van der Waals surface area contributed by atoms with Crippen LogP contribution >= 0.6 is 27.3 Å². The van der Waals surface area contributed by atoms with Gasteiger partial charge in [-0.05, 0) is 45.8 Å². The smallest absolute Gasteiger partial charge is 0.261 e. The molecule has 0 bridgehead atoms. The van der Waals surface area contributed by atoms with Gasteiger partial charge in [0.05, 0.1) is 27.9 Å². The van der Waals surface area contributed by atoms with E-state index in [9.17, 15) is 9.18 Å². The predicted octanol–water partition coefficient (Wildman–Crippen LogP) is 3.45. The van der Waals surface area contributed by atoms with E-state index < -0.39 is 0 Å². The molecule has 1 saturated heterocycles. The van der Waals surface area contributed by atoms with Gasteiger partial charge in [-0.15, -0.1) is 11.3 Å². The molecular weight excluding hydrogens is 395 g/mol. The van der Waals surface area contributed by atoms with E-state index >= 15 is 0 Å². The minimum absolute atomic E-state index is 0.00172. The van der Waals surface area contributed by atoms with Crippen LogP contribution in [0.5, 0.6) is 0 Å². The molecule has 0 unspecified atom stereocenters. The van der Waals surface area contributed by atoms with E-state index in [-0.39, 0.29) is 17.8 Å². The summed E-state index contributed by atoms with van der Waals surface area (Å²) in [7, 11) is 0. The largest absolute Gasteiger partial charge is 0.379 e. The molecule has 0 aliphatic carbocycles. The minimum atomic E-state index is -0.257. The van der Waals surface area contributed by atoms with Gasteiger partial charge in [-0.2, -0.15) is 0 Å². The Balaban J connectivity index is 1.71. The Hall–Kier alpha value is -1.28. The van der Waals surface area contributed by atoms with Crippen LogP contribution in [0.15, 0.2) is 40.2 Å². The Morgan fingerprint density at radius 2 is 1.96 bits per heavy atom. The van der Waals surface area contributed by atoms with Crippen molar-refractivity contribution in [2.45, 2.75) is 6.04 Å². The first kappa shape index (κ1) is 17.5. The average Bonchev–Trinajstić information content (AvgIpc) is 3.04. The fourth-order valence-electron chi connectivity index (χ4n) is 2.74. The second-order valence-corrected chi connectivity index (χ2v) is 7.99. The second-order valence-electron chi connectivity index (χ2n) is 5.53. The van der Waals surface area contributed by atoms with Crippen molar-refractivity contribution in [3.8, 4) is 0 Å². The summed E-state index contributed by atoms with van der Waals surface area (Å²) >= 11 is 4.77. The summed E-state index contributed by atoms with van der Waals surface area (Å²) in [6.07, 6.45) is 0. The number of halogens is 2. The summed E-state index contributed by atoms with van der Waals surface area (Å²) in [5.41, 5.74) is 0.992. The van der Waals surface area contributed by atoms with Crippen molar-refractivity contribution in [3.05, 3.63) is 56.4 Å². The maximum absolute atomic E-state index is 13.2. The molecule has 4 nitrogen and oxygen atoms in total. The highest BCUT2D eigenvalue weighted by molar-refractivity contribution is 9.11. The van der Waals surface area contributed by atoms with Crippen LogP contribution in [-0.2, 0) is 4.74 Å². The van der Waals surface area contributed by atoms with E-state index in [2.05, 4.69) is 26.1 Å². The lowest BCUT2D eigenvalue weighted by atomic mass is 10.0. The Labute approximate surface area is 152 Å². The van der Waals surface area contributed by atoms with E-state index in [1.54, 1.807) is 18.2 Å². The molecule has 7 heteroatoms. The zero-order valence-corrected chi connectivity index (χ0v) is 15.4. The van der Waals surface area contributed by atoms with Crippen LogP contribution in [0.1, 0.15) is 21.3 Å². The maximum Gasteiger partial charge on any atom is 0.261 e. The van der Waals surface area contributed by atoms with Crippen LogP contribution in [0.2, 0.25) is 0 Å². The zero-order chi connectivity index (χ0) is 16.9. The van der Waals surface area contributed by atoms with E-state index in [0.29, 0.717) is 24.6 Å². The van der Waals surface area contributed by atoms with Crippen LogP contribution < -0.4 is 5.32 Å². The first-order valence-corrected chi connectivity index (χ1v) is 9.35. The van der Waals surface area contributed by atoms with E-state index in [1.807, 2.05) is 6.07 Å². The van der Waals surface area contributed by atoms with E-state index in [0.717, 1.165) is 22.4 Å². The van der Waals surface area contributed by atoms with Gasteiger partial charge < -0.3 is 10.1 Å². The SMILES string of the molecule is O=C(NC[C@@H](c1ccc(F)cc1)N1CCOCC1)c1ccc(Br)s1. The number of carbonyl (C=O) groups excluding carboxylic acids is 1. The first-order valence-electron chi connectivity index (χ1n) is 7.74. The topological polar surface area (TPSA) is 41.6 Å². The van der Waals surface area contributed by atoms with Crippen LogP contribution in [0.4, 0.5) is 4.39 Å². The summed E-state index contributed by atoms with van der Waals surface area (Å²) < 4.78 is 19.6. The third kappa shape index (κ3) is 4.42. The number of hydrogen-bond donors (Lipinski definition) is 1. The van der Waals surface area contributed by atoms with Gasteiger partial charge in [-0.1, -0.05) is 12.1 Å². The second kappa shape index (κ2) is 8.20. The number of nitrogens with zero attached hydrogens (tertiary/aromatic N) is 1. The molecule has 2 heterocycles. The number of ether oxygens (including phenoxy) is 1. The van der Waals surface area contributed by atoms with Gasteiger partial charge >= 0.3 is 0 Å². The monoisotopic (exact) mass is 412 g/mol. The summed E-state index contributed by atoms with van der Waals surface area (Å²) in [6, 6.07) is 10.1. The molecule has 1 aliphatic rings. The van der Waals surface area contributed by atoms with Crippen molar-refractivity contribution in [3.63, 3.8) is 0 Å². The van der Waals surface area contributed by atoms with Crippen LogP contribution in [0, 0.1) is 5.82 Å². The molecule has 0 saturated carbocycles. The van der Waals surface area contributed by atoms with Crippen molar-refractivity contribution < 1.29 is 13.9 Å². The third-order valence-corrected chi connectivity index (χ3v) is 5.62. The highest BCUT2D eigenvalue weighted by atomic mass is 79.9. The van der Waals surface area contributed by atoms with Crippen molar-refractivity contribution in [2.75, 3.05) is 32.8 Å². The number of benzene rings is 1. The number of nitrogens with one attached hydrogen (secondary N) is 1. The lowest BCUT2D eigenvalue weighted by Crippen LogP contribution is -2.43. The Morgan fingerprint density at radius 3 is 2.58 bits per heavy atom. The Morgan fingerprint density at radius 1 is 1.25 bits per heavy atom. The number of carbonyl (C=O) groups is 1. The molecule has 1 fully saturated rings. The van der Waals surface area contributed by atoms with Crippen molar-refractivity contribution in [2.24, 2.45) is 0 Å². The van der Waals surface area contributed by atoms with Gasteiger partial charge in [-0.25, -0.2) is 4.39 Å². The van der Waals surface area contributed by atoms with Crippen molar-refractivity contribution in [1.29, 1.82) is 0 Å². The summed E-state index contributed by atoms with van der Waals surface area (Å²) in [5.74, 6) is -0.349. The zero-order valence-electron chi connectivity index (χ0n) is 13.0. The molecule has 1 aromatic carbocycles. The van der Waals surface area contributed by atoms with Gasteiger partial charge in [0.1, 0.15) is 5.82 Å². The van der Waals surface area contributed by atoms with Gasteiger partial charge in [0.25, 0.3) is 5.91 Å². The summed E-state index contributed by atoms with van der Waals surface area (Å²) in [6.45, 7) is 3.40. The molecule has 1 N–H and O–H groups in total. The van der Waals surface area contributed by atoms with Crippen LogP contribution in [0.25, 0.3) is 0 Å². The number of morpholine rings is 1. The van der Waals surface area contributed by atoms with Gasteiger partial charge in [0.2, 0.25) is 0 Å². The highest BCUT2D eigenvalue weighted by Crippen LogP contribution is 2.24. The van der Waals surface area contributed by atoms with Gasteiger partial charge in [0.15, 0.2) is 0 Å². The number of hydrogen-bond acceptors (Lipinski definition) is 4. The molecule has 1 atom stereocenters. The summed E-state index contributed by atoms with van der Waals surface area (Å²) in [5, 5.41) is 3.00. The minimum Gasteiger partial charge on any atom is -0.379 e. The first-order chi connectivity index (χ1) is 11.6. The van der Waals surface area contributed by atoms with Gasteiger partial charge in [-0.3, -0.25) is 9.69 Å². The van der Waals surface area contributed by atoms with Crippen molar-refractivity contribution in [1.82, 2.24) is 10.2 Å². The average molecular weight is 413 g/mol. The molecule has 24 heavy (non-hydrogen) atoms. The molecule has 1 amide bonds. The molecule has 1 aromatic heterocycles. The third-order valence-electron chi connectivity index (χ3n) is 3.99. The lowest BCUT2D eigenvalue weighted by molar-refractivity contribution is 0.0162.